The SMILES string of the molecule is CCC(C)N(Cc1ccccc1Cl)C(=O)c1ccc(=O)[nH]c1. The van der Waals surface area contributed by atoms with E-state index in [9.17, 15) is 9.59 Å². The van der Waals surface area contributed by atoms with E-state index in [1.165, 1.54) is 12.3 Å². The maximum Gasteiger partial charge on any atom is 0.255 e. The molecule has 1 atom stereocenters. The zero-order chi connectivity index (χ0) is 16.1. The van der Waals surface area contributed by atoms with Crippen LogP contribution in [0, 0.1) is 0 Å². The van der Waals surface area contributed by atoms with Crippen molar-refractivity contribution in [3.8, 4) is 0 Å². The highest BCUT2D eigenvalue weighted by Crippen LogP contribution is 2.20. The molecule has 0 saturated heterocycles. The largest absolute Gasteiger partial charge is 0.332 e. The Kier molecular flexibility index (Phi) is 5.39. The Morgan fingerprint density at radius 3 is 2.59 bits per heavy atom. The number of aromatic amines is 1. The highest BCUT2D eigenvalue weighted by Gasteiger charge is 2.21. The first kappa shape index (κ1) is 16.3. The molecule has 22 heavy (non-hydrogen) atoms. The number of rotatable bonds is 5. The zero-order valence-electron chi connectivity index (χ0n) is 12.7. The maximum atomic E-state index is 12.7. The van der Waals surface area contributed by atoms with E-state index in [0.717, 1.165) is 12.0 Å². The number of H-pyrrole nitrogens is 1. The van der Waals surface area contributed by atoms with Crippen LogP contribution in [0.1, 0.15) is 36.2 Å². The summed E-state index contributed by atoms with van der Waals surface area (Å²) in [5.74, 6) is -0.120. The van der Waals surface area contributed by atoms with Crippen LogP contribution in [-0.4, -0.2) is 21.8 Å². The molecule has 0 saturated carbocycles. The third kappa shape index (κ3) is 3.77. The number of nitrogens with zero attached hydrogens (tertiary/aromatic N) is 1. The van der Waals surface area contributed by atoms with Gasteiger partial charge in [0.1, 0.15) is 0 Å². The van der Waals surface area contributed by atoms with E-state index in [0.29, 0.717) is 17.1 Å². The van der Waals surface area contributed by atoms with Gasteiger partial charge in [-0.1, -0.05) is 36.7 Å². The number of carbonyl (C=O) groups is 1. The summed E-state index contributed by atoms with van der Waals surface area (Å²) in [5.41, 5.74) is 1.15. The third-order valence-electron chi connectivity index (χ3n) is 3.71. The number of hydrogen-bond acceptors (Lipinski definition) is 2. The van der Waals surface area contributed by atoms with Crippen molar-refractivity contribution in [1.82, 2.24) is 9.88 Å². The molecule has 0 fully saturated rings. The summed E-state index contributed by atoms with van der Waals surface area (Å²) in [6.07, 6.45) is 2.28. The van der Waals surface area contributed by atoms with Crippen molar-refractivity contribution in [2.75, 3.05) is 0 Å². The number of pyridine rings is 1. The summed E-state index contributed by atoms with van der Waals surface area (Å²) in [6.45, 7) is 4.47. The molecule has 0 spiro atoms. The van der Waals surface area contributed by atoms with Gasteiger partial charge in [-0.25, -0.2) is 0 Å². The Bertz CT molecular complexity index is 691. The van der Waals surface area contributed by atoms with Crippen molar-refractivity contribution in [2.45, 2.75) is 32.9 Å². The minimum atomic E-state index is -0.224. The second-order valence-electron chi connectivity index (χ2n) is 5.22. The lowest BCUT2D eigenvalue weighted by Gasteiger charge is -2.29. The molecule has 1 aromatic carbocycles. The summed E-state index contributed by atoms with van der Waals surface area (Å²) in [6, 6.07) is 10.5. The third-order valence-corrected chi connectivity index (χ3v) is 4.08. The van der Waals surface area contributed by atoms with Crippen LogP contribution in [0.5, 0.6) is 0 Å². The van der Waals surface area contributed by atoms with Crippen molar-refractivity contribution >= 4 is 17.5 Å². The van der Waals surface area contributed by atoms with Gasteiger partial charge in [0.15, 0.2) is 0 Å². The minimum Gasteiger partial charge on any atom is -0.332 e. The van der Waals surface area contributed by atoms with Gasteiger partial charge in [0.25, 0.3) is 5.91 Å². The van der Waals surface area contributed by atoms with E-state index in [4.69, 9.17) is 11.6 Å². The van der Waals surface area contributed by atoms with Gasteiger partial charge in [-0.15, -0.1) is 0 Å². The normalized spacial score (nSPS) is 12.0. The maximum absolute atomic E-state index is 12.7. The molecular formula is C17H19ClN2O2. The number of benzene rings is 1. The lowest BCUT2D eigenvalue weighted by Crippen LogP contribution is -2.38. The van der Waals surface area contributed by atoms with Gasteiger partial charge in [0.05, 0.1) is 5.56 Å². The number of hydrogen-bond donors (Lipinski definition) is 1. The topological polar surface area (TPSA) is 53.2 Å². The molecule has 1 aromatic heterocycles. The van der Waals surface area contributed by atoms with Crippen LogP contribution >= 0.6 is 11.6 Å². The molecule has 4 nitrogen and oxygen atoms in total. The predicted octanol–water partition coefficient (Wildman–Crippen LogP) is 3.47. The number of aromatic nitrogens is 1. The van der Waals surface area contributed by atoms with Crippen LogP contribution in [0.3, 0.4) is 0 Å². The molecule has 0 radical (unpaired) electrons. The molecule has 1 unspecified atom stereocenters. The Balaban J connectivity index is 2.30. The van der Waals surface area contributed by atoms with E-state index in [-0.39, 0.29) is 17.5 Å². The summed E-state index contributed by atoms with van der Waals surface area (Å²) >= 11 is 6.20. The van der Waals surface area contributed by atoms with Crippen molar-refractivity contribution in [3.63, 3.8) is 0 Å². The summed E-state index contributed by atoms with van der Waals surface area (Å²) < 4.78 is 0. The zero-order valence-corrected chi connectivity index (χ0v) is 13.4. The van der Waals surface area contributed by atoms with Gasteiger partial charge >= 0.3 is 0 Å². The van der Waals surface area contributed by atoms with E-state index >= 15 is 0 Å². The predicted molar refractivity (Wildman–Crippen MR) is 88.1 cm³/mol. The highest BCUT2D eigenvalue weighted by molar-refractivity contribution is 6.31. The number of amides is 1. The second kappa shape index (κ2) is 7.27. The fraction of sp³-hybridized carbons (Fsp3) is 0.294. The number of carbonyl (C=O) groups excluding carboxylic acids is 1. The van der Waals surface area contributed by atoms with Crippen LogP contribution in [0.4, 0.5) is 0 Å². The first-order chi connectivity index (χ1) is 10.5. The van der Waals surface area contributed by atoms with Crippen molar-refractivity contribution in [1.29, 1.82) is 0 Å². The number of nitrogens with one attached hydrogen (secondary N) is 1. The monoisotopic (exact) mass is 318 g/mol. The molecule has 0 aliphatic rings. The molecule has 116 valence electrons. The van der Waals surface area contributed by atoms with Crippen LogP contribution < -0.4 is 5.56 Å². The fourth-order valence-electron chi connectivity index (χ4n) is 2.17. The van der Waals surface area contributed by atoms with Crippen LogP contribution in [0.25, 0.3) is 0 Å². The highest BCUT2D eigenvalue weighted by atomic mass is 35.5. The molecule has 1 heterocycles. The molecule has 0 aliphatic heterocycles. The second-order valence-corrected chi connectivity index (χ2v) is 5.63. The quantitative estimate of drug-likeness (QED) is 0.917. The Morgan fingerprint density at radius 2 is 2.00 bits per heavy atom. The van der Waals surface area contributed by atoms with Crippen molar-refractivity contribution in [3.05, 3.63) is 69.1 Å². The van der Waals surface area contributed by atoms with Gasteiger partial charge in [-0.3, -0.25) is 9.59 Å². The van der Waals surface area contributed by atoms with E-state index in [1.54, 1.807) is 11.0 Å². The Morgan fingerprint density at radius 1 is 1.27 bits per heavy atom. The van der Waals surface area contributed by atoms with Crippen LogP contribution in [0.2, 0.25) is 5.02 Å². The summed E-state index contributed by atoms with van der Waals surface area (Å²) in [5, 5.41) is 0.644. The van der Waals surface area contributed by atoms with Gasteiger partial charge < -0.3 is 9.88 Å². The lowest BCUT2D eigenvalue weighted by atomic mass is 10.1. The average molecular weight is 319 g/mol. The molecule has 1 amide bonds. The van der Waals surface area contributed by atoms with Gasteiger partial charge in [-0.05, 0) is 31.0 Å². The standard InChI is InChI=1S/C17H19ClN2O2/c1-3-12(2)20(11-14-6-4-5-7-15(14)18)17(22)13-8-9-16(21)19-10-13/h4-10,12H,3,11H2,1-2H3,(H,19,21). The molecular weight excluding hydrogens is 300 g/mol. The first-order valence-corrected chi connectivity index (χ1v) is 7.63. The average Bonchev–Trinajstić information content (AvgIpc) is 2.53. The molecule has 0 aliphatic carbocycles. The van der Waals surface area contributed by atoms with E-state index < -0.39 is 0 Å². The number of halogens is 1. The van der Waals surface area contributed by atoms with Crippen LogP contribution in [0.15, 0.2) is 47.4 Å². The van der Waals surface area contributed by atoms with Crippen molar-refractivity contribution in [2.24, 2.45) is 0 Å². The molecule has 1 N–H and O–H groups in total. The minimum absolute atomic E-state index is 0.0655. The van der Waals surface area contributed by atoms with Gasteiger partial charge in [0, 0.05) is 29.9 Å². The van der Waals surface area contributed by atoms with Gasteiger partial charge in [0.2, 0.25) is 5.56 Å². The lowest BCUT2D eigenvalue weighted by molar-refractivity contribution is 0.0671. The summed E-state index contributed by atoms with van der Waals surface area (Å²) in [4.78, 5) is 28.2. The van der Waals surface area contributed by atoms with E-state index in [1.807, 2.05) is 38.1 Å². The van der Waals surface area contributed by atoms with Gasteiger partial charge in [-0.2, -0.15) is 0 Å². The van der Waals surface area contributed by atoms with E-state index in [2.05, 4.69) is 4.98 Å². The molecule has 2 aromatic rings. The smallest absolute Gasteiger partial charge is 0.255 e. The Labute approximate surface area is 134 Å². The Hall–Kier alpha value is -2.07. The first-order valence-electron chi connectivity index (χ1n) is 7.26. The molecule has 0 bridgehead atoms. The van der Waals surface area contributed by atoms with Crippen LogP contribution in [-0.2, 0) is 6.54 Å². The van der Waals surface area contributed by atoms with Crippen molar-refractivity contribution < 1.29 is 4.79 Å². The summed E-state index contributed by atoms with van der Waals surface area (Å²) in [7, 11) is 0. The molecule has 5 heteroatoms. The molecule has 2 rings (SSSR count). The fourth-order valence-corrected chi connectivity index (χ4v) is 2.36.